The summed E-state index contributed by atoms with van der Waals surface area (Å²) >= 11 is 6.80. The van der Waals surface area contributed by atoms with E-state index in [0.29, 0.717) is 57.1 Å². The zero-order chi connectivity index (χ0) is 52.8. The molecule has 6 amide bonds. The van der Waals surface area contributed by atoms with Gasteiger partial charge >= 0.3 is 12.1 Å². The van der Waals surface area contributed by atoms with Gasteiger partial charge in [0.1, 0.15) is 40.7 Å². The topological polar surface area (TPSA) is 251 Å². The predicted octanol–water partition coefficient (Wildman–Crippen LogP) is 3.17. The number of fused-ring (bicyclic) bond motifs is 5. The number of alkyl carbamates (subject to hydrolysis) is 1. The van der Waals surface area contributed by atoms with Gasteiger partial charge in [0.25, 0.3) is 11.8 Å². The molecular formula is C50H70ClN5O16. The summed E-state index contributed by atoms with van der Waals surface area (Å²) in [6.45, 7) is 9.04. The fourth-order valence-corrected chi connectivity index (χ4v) is 8.97. The number of imide groups is 1. The number of ether oxygens (including phenoxy) is 8. The molecule has 21 nitrogen and oxygen atoms in total. The number of epoxide rings is 1. The van der Waals surface area contributed by atoms with Gasteiger partial charge in [-0.05, 0) is 57.7 Å². The van der Waals surface area contributed by atoms with Crippen LogP contribution in [-0.2, 0) is 68.3 Å². The number of rotatable bonds is 22. The summed E-state index contributed by atoms with van der Waals surface area (Å²) in [5, 5.41) is 17.3. The maximum atomic E-state index is 14.3. The number of amides is 6. The summed E-state index contributed by atoms with van der Waals surface area (Å²) in [5.74, 6) is -2.78. The predicted molar refractivity (Wildman–Crippen MR) is 261 cm³/mol. The Hall–Kier alpha value is -5.42. The van der Waals surface area contributed by atoms with Gasteiger partial charge in [-0.25, -0.2) is 9.59 Å². The highest BCUT2D eigenvalue weighted by atomic mass is 35.5. The largest absolute Gasteiger partial charge is 0.495 e. The fourth-order valence-electron chi connectivity index (χ4n) is 8.66. The smallest absolute Gasteiger partial charge is 0.409 e. The molecule has 2 saturated heterocycles. The summed E-state index contributed by atoms with van der Waals surface area (Å²) < 4.78 is 45.7. The number of aliphatic hydroxyl groups is 1. The second-order valence-electron chi connectivity index (χ2n) is 18.5. The minimum Gasteiger partial charge on any atom is -0.495 e. The van der Waals surface area contributed by atoms with E-state index in [0.717, 1.165) is 16.0 Å². The molecule has 3 N–H and O–H groups in total. The molecule has 1 aromatic rings. The molecule has 0 radical (unpaired) electrons. The lowest BCUT2D eigenvalue weighted by atomic mass is 9.83. The maximum absolute atomic E-state index is 14.3. The Bertz CT molecular complexity index is 2210. The van der Waals surface area contributed by atoms with Crippen molar-refractivity contribution >= 4 is 58.9 Å². The number of nitrogens with one attached hydrogen (secondary N) is 2. The molecule has 22 heteroatoms. The van der Waals surface area contributed by atoms with E-state index >= 15 is 0 Å². The van der Waals surface area contributed by atoms with Crippen molar-refractivity contribution in [1.82, 2.24) is 20.4 Å². The lowest BCUT2D eigenvalue weighted by Crippen LogP contribution is -2.63. The van der Waals surface area contributed by atoms with Gasteiger partial charge in [0, 0.05) is 65.1 Å². The first kappa shape index (κ1) is 57.5. The second kappa shape index (κ2) is 26.5. The van der Waals surface area contributed by atoms with Crippen LogP contribution in [0.2, 0.25) is 5.02 Å². The quantitative estimate of drug-likeness (QED) is 0.0653. The zero-order valence-corrected chi connectivity index (χ0v) is 43.2. The van der Waals surface area contributed by atoms with Crippen LogP contribution in [0.3, 0.4) is 0 Å². The van der Waals surface area contributed by atoms with Gasteiger partial charge in [0.2, 0.25) is 17.7 Å². The minimum atomic E-state index is -1.87. The molecule has 1 aromatic carbocycles. The standard InChI is InChI=1S/C50H70ClN5O16/c1-31-12-11-13-38(66-8)50(64)30-37(70-48(63)53-50)32(2)46-49(4,72-46)39(29-44(61)55(6)35-27-34(26-31)28-36(65-7)45(35)51)71-47(62)33(3)54(5)41(58)15-10-9-14-40(57)52-18-20-67-22-24-69-25-23-68-21-19-56-42(59)16-17-43(56)60/h11-13,16-17,27-28,32-33,37-39,46,64H,9-10,14-15,18-26,29-30H2,1-8H3,(H,52,57)(H,53,63)/b13-11+,31-12+/t32-,33+,37?,38-,39+,46+,49?,50+/m1/s1. The molecule has 4 heterocycles. The summed E-state index contributed by atoms with van der Waals surface area (Å²) in [5.41, 5.74) is -1.11. The van der Waals surface area contributed by atoms with Crippen LogP contribution < -0.4 is 20.3 Å². The number of likely N-dealkylation sites (N-methyl/N-ethyl adjacent to an activating group) is 1. The van der Waals surface area contributed by atoms with Crippen LogP contribution in [0.1, 0.15) is 71.8 Å². The van der Waals surface area contributed by atoms with Crippen molar-refractivity contribution in [3.05, 3.63) is 58.7 Å². The first-order valence-corrected chi connectivity index (χ1v) is 24.5. The van der Waals surface area contributed by atoms with Crippen LogP contribution in [0.5, 0.6) is 5.75 Å². The van der Waals surface area contributed by atoms with Crippen molar-refractivity contribution in [1.29, 1.82) is 0 Å². The number of hydrogen-bond donors (Lipinski definition) is 3. The number of esters is 1. The molecule has 398 valence electrons. The molecule has 2 unspecified atom stereocenters. The molecule has 4 aliphatic rings. The SMILES string of the molecule is COc1cc2cc(c1Cl)N(C)C(=O)C[C@H](OC(=O)[C@H](C)N(C)C(=O)CCCCC(=O)NCCOCCOCCOCCN1C(=O)C=CC1=O)C1(C)O[C@H]1[C@H](C)C1C[C@@](O)(NC(=O)O1)[C@H](OC)/C=C/C=C(\C)C2. The zero-order valence-electron chi connectivity index (χ0n) is 42.4. The normalized spacial score (nSPS) is 27.0. The molecule has 2 fully saturated rings. The lowest BCUT2D eigenvalue weighted by molar-refractivity contribution is -0.162. The van der Waals surface area contributed by atoms with E-state index in [1.54, 1.807) is 45.2 Å². The third-order valence-electron chi connectivity index (χ3n) is 13.2. The fraction of sp³-hybridized carbons (Fsp3) is 0.620. The molecule has 5 rings (SSSR count). The Balaban J connectivity index is 1.13. The molecule has 4 bridgehead atoms. The van der Waals surface area contributed by atoms with Crippen LogP contribution in [-0.4, -0.2) is 179 Å². The van der Waals surface area contributed by atoms with E-state index in [1.807, 2.05) is 13.0 Å². The van der Waals surface area contributed by atoms with Crippen molar-refractivity contribution in [3.63, 3.8) is 0 Å². The Morgan fingerprint density at radius 2 is 1.65 bits per heavy atom. The summed E-state index contributed by atoms with van der Waals surface area (Å²) in [4.78, 5) is 93.8. The number of carbonyl (C=O) groups excluding carboxylic acids is 7. The van der Waals surface area contributed by atoms with Gasteiger partial charge in [-0.3, -0.25) is 34.2 Å². The van der Waals surface area contributed by atoms with Crippen LogP contribution in [0.25, 0.3) is 0 Å². The van der Waals surface area contributed by atoms with Gasteiger partial charge in [0.15, 0.2) is 5.72 Å². The number of benzene rings is 1. The number of carbonyl (C=O) groups is 7. The van der Waals surface area contributed by atoms with Crippen molar-refractivity contribution in [2.45, 2.75) is 114 Å². The molecule has 72 heavy (non-hydrogen) atoms. The van der Waals surface area contributed by atoms with E-state index in [-0.39, 0.29) is 80.6 Å². The highest BCUT2D eigenvalue weighted by Crippen LogP contribution is 2.49. The molecule has 0 aromatic heterocycles. The summed E-state index contributed by atoms with van der Waals surface area (Å²) in [6, 6.07) is 2.46. The molecule has 4 aliphatic heterocycles. The Labute approximate surface area is 425 Å². The van der Waals surface area contributed by atoms with Crippen molar-refractivity contribution in [2.75, 3.05) is 85.9 Å². The molecule has 0 spiro atoms. The van der Waals surface area contributed by atoms with E-state index < -0.39 is 65.7 Å². The van der Waals surface area contributed by atoms with Crippen molar-refractivity contribution < 1.29 is 76.6 Å². The number of unbranched alkanes of at least 4 members (excludes halogenated alkanes) is 1. The molecule has 0 saturated carbocycles. The van der Waals surface area contributed by atoms with E-state index in [1.165, 1.54) is 50.1 Å². The number of hydrogen-bond acceptors (Lipinski definition) is 16. The average molecular weight is 1030 g/mol. The van der Waals surface area contributed by atoms with Crippen molar-refractivity contribution in [3.8, 4) is 5.75 Å². The average Bonchev–Trinajstić information content (AvgIpc) is 3.94. The molecule has 8 atom stereocenters. The number of methoxy groups -OCH3 is 2. The summed E-state index contributed by atoms with van der Waals surface area (Å²) in [6.07, 6.45) is 3.98. The third-order valence-corrected chi connectivity index (χ3v) is 13.6. The Morgan fingerprint density at radius 1 is 1.00 bits per heavy atom. The monoisotopic (exact) mass is 1030 g/mol. The number of nitrogens with zero attached hydrogens (tertiary/aromatic N) is 3. The van der Waals surface area contributed by atoms with Gasteiger partial charge in [0.05, 0.1) is 71.5 Å². The Morgan fingerprint density at radius 3 is 2.32 bits per heavy atom. The third kappa shape index (κ3) is 15.3. The van der Waals surface area contributed by atoms with Crippen LogP contribution >= 0.6 is 11.6 Å². The lowest BCUT2D eigenvalue weighted by Gasteiger charge is -2.42. The first-order chi connectivity index (χ1) is 34.2. The van der Waals surface area contributed by atoms with Gasteiger partial charge < -0.3 is 58.1 Å². The number of allylic oxidation sites excluding steroid dienone is 3. The molecule has 0 aliphatic carbocycles. The summed E-state index contributed by atoms with van der Waals surface area (Å²) in [7, 11) is 5.92. The van der Waals surface area contributed by atoms with Crippen LogP contribution in [0, 0.1) is 5.92 Å². The van der Waals surface area contributed by atoms with E-state index in [2.05, 4.69) is 10.6 Å². The van der Waals surface area contributed by atoms with Crippen LogP contribution in [0.15, 0.2) is 48.1 Å². The van der Waals surface area contributed by atoms with E-state index in [4.69, 9.17) is 49.5 Å². The maximum Gasteiger partial charge on any atom is 0.409 e. The second-order valence-corrected chi connectivity index (χ2v) is 18.8. The van der Waals surface area contributed by atoms with Crippen LogP contribution in [0.4, 0.5) is 10.5 Å². The number of anilines is 1. The van der Waals surface area contributed by atoms with Gasteiger partial charge in [-0.2, -0.15) is 0 Å². The van der Waals surface area contributed by atoms with E-state index in [9.17, 15) is 38.7 Å². The first-order valence-electron chi connectivity index (χ1n) is 24.1. The highest BCUT2D eigenvalue weighted by molar-refractivity contribution is 6.35. The minimum absolute atomic E-state index is 0.0532. The Kier molecular flexibility index (Phi) is 21.2. The van der Waals surface area contributed by atoms with Gasteiger partial charge in [-0.1, -0.05) is 42.3 Å². The van der Waals surface area contributed by atoms with Crippen molar-refractivity contribution in [2.24, 2.45) is 5.92 Å². The number of halogens is 1. The highest BCUT2D eigenvalue weighted by Gasteiger charge is 2.64. The molecular weight excluding hydrogens is 962 g/mol. The van der Waals surface area contributed by atoms with Gasteiger partial charge in [-0.15, -0.1) is 0 Å².